The number of hydrogen-bond donors (Lipinski definition) is 1. The van der Waals surface area contributed by atoms with Gasteiger partial charge in [0.15, 0.2) is 0 Å². The average Bonchev–Trinajstić information content (AvgIpc) is 3.45. The zero-order chi connectivity index (χ0) is 25.6. The molecule has 36 heavy (non-hydrogen) atoms. The van der Waals surface area contributed by atoms with Gasteiger partial charge in [-0.15, -0.1) is 0 Å². The first-order chi connectivity index (χ1) is 17.2. The Kier molecular flexibility index (Phi) is 7.09. The summed E-state index contributed by atoms with van der Waals surface area (Å²) in [6, 6.07) is 6.58. The van der Waals surface area contributed by atoms with Crippen molar-refractivity contribution < 1.29 is 22.7 Å². The molecule has 196 valence electrons. The SMILES string of the molecule is COC1CC([C@@H]2CCN(C(=O)Cn3nc(C4CC4)cc3C(F)(F)F)[C@@H]2c2cccc(C)c2Cl)CCN1. The Labute approximate surface area is 214 Å². The third-order valence-electron chi connectivity index (χ3n) is 7.97. The minimum atomic E-state index is -4.57. The largest absolute Gasteiger partial charge is 0.433 e. The molecule has 2 aromatic rings. The topological polar surface area (TPSA) is 59.4 Å². The van der Waals surface area contributed by atoms with Gasteiger partial charge in [0.25, 0.3) is 0 Å². The van der Waals surface area contributed by atoms with Crippen LogP contribution in [-0.2, 0) is 22.3 Å². The first kappa shape index (κ1) is 25.5. The second kappa shape index (κ2) is 9.99. The predicted octanol–water partition coefficient (Wildman–Crippen LogP) is 5.30. The number of ether oxygens (including phenoxy) is 1. The summed E-state index contributed by atoms with van der Waals surface area (Å²) in [5, 5.41) is 8.17. The Bertz CT molecular complexity index is 1120. The van der Waals surface area contributed by atoms with Crippen molar-refractivity contribution in [3.63, 3.8) is 0 Å². The first-order valence-electron chi connectivity index (χ1n) is 12.6. The highest BCUT2D eigenvalue weighted by Gasteiger charge is 2.45. The minimum absolute atomic E-state index is 0.0543. The number of amides is 1. The lowest BCUT2D eigenvalue weighted by Gasteiger charge is -2.37. The fourth-order valence-corrected chi connectivity index (χ4v) is 6.18. The second-order valence-corrected chi connectivity index (χ2v) is 10.7. The van der Waals surface area contributed by atoms with Crippen molar-refractivity contribution in [2.75, 3.05) is 20.2 Å². The van der Waals surface area contributed by atoms with Gasteiger partial charge >= 0.3 is 6.18 Å². The van der Waals surface area contributed by atoms with Crippen LogP contribution < -0.4 is 5.32 Å². The summed E-state index contributed by atoms with van der Waals surface area (Å²) >= 11 is 6.75. The van der Waals surface area contributed by atoms with Gasteiger partial charge in [0, 0.05) is 24.6 Å². The van der Waals surface area contributed by atoms with Crippen molar-refractivity contribution in [2.24, 2.45) is 11.8 Å². The number of methoxy groups -OCH3 is 1. The molecule has 5 rings (SSSR count). The molecule has 3 aliphatic rings. The van der Waals surface area contributed by atoms with Crippen molar-refractivity contribution in [1.82, 2.24) is 20.0 Å². The summed E-state index contributed by atoms with van der Waals surface area (Å²) in [4.78, 5) is 15.4. The number of alkyl halides is 3. The van der Waals surface area contributed by atoms with Gasteiger partial charge in [-0.1, -0.05) is 29.8 Å². The molecule has 2 saturated heterocycles. The van der Waals surface area contributed by atoms with Gasteiger partial charge < -0.3 is 9.64 Å². The molecule has 1 aliphatic carbocycles. The third kappa shape index (κ3) is 5.02. The molecule has 1 aromatic heterocycles. The van der Waals surface area contributed by atoms with E-state index in [-0.39, 0.29) is 30.0 Å². The van der Waals surface area contributed by atoms with Gasteiger partial charge in [-0.25, -0.2) is 0 Å². The van der Waals surface area contributed by atoms with E-state index in [1.165, 1.54) is 0 Å². The number of nitrogens with one attached hydrogen (secondary N) is 1. The third-order valence-corrected chi connectivity index (χ3v) is 8.49. The Morgan fingerprint density at radius 1 is 1.25 bits per heavy atom. The normalized spacial score (nSPS) is 27.0. The number of benzene rings is 1. The number of carbonyl (C=O) groups excluding carboxylic acids is 1. The number of likely N-dealkylation sites (tertiary alicyclic amines) is 1. The highest BCUT2D eigenvalue weighted by Crippen LogP contribution is 2.47. The van der Waals surface area contributed by atoms with Crippen LogP contribution in [0.3, 0.4) is 0 Å². The molecular formula is C26H32ClF3N4O2. The molecule has 2 aliphatic heterocycles. The van der Waals surface area contributed by atoms with Crippen LogP contribution >= 0.6 is 11.6 Å². The summed E-state index contributed by atoms with van der Waals surface area (Å²) in [6.45, 7) is 2.76. The predicted molar refractivity (Wildman–Crippen MR) is 129 cm³/mol. The second-order valence-electron chi connectivity index (χ2n) is 10.3. The smallest absolute Gasteiger partial charge is 0.367 e. The molecule has 1 amide bonds. The molecule has 0 radical (unpaired) electrons. The van der Waals surface area contributed by atoms with Gasteiger partial charge in [0.2, 0.25) is 5.91 Å². The molecule has 1 N–H and O–H groups in total. The van der Waals surface area contributed by atoms with Gasteiger partial charge in [-0.3, -0.25) is 14.8 Å². The molecule has 0 bridgehead atoms. The molecule has 1 aromatic carbocycles. The van der Waals surface area contributed by atoms with E-state index in [0.717, 1.165) is 60.5 Å². The van der Waals surface area contributed by atoms with E-state index in [0.29, 0.717) is 23.2 Å². The number of piperidine rings is 1. The summed E-state index contributed by atoms with van der Waals surface area (Å²) in [5.41, 5.74) is 1.33. The number of nitrogens with zero attached hydrogens (tertiary/aromatic N) is 3. The standard InChI is InChI=1S/C26H32ClF3N4O2/c1-15-4-3-5-19(24(15)27)25-18(17-8-10-31-22(12-17)36-2)9-11-33(25)23(35)14-34-21(26(28,29)30)13-20(32-34)16-6-7-16/h3-5,13,16-18,22,25,31H,6-12,14H2,1-2H3/t17?,18-,22?,25-/m0/s1. The fourth-order valence-electron chi connectivity index (χ4n) is 5.94. The molecule has 2 unspecified atom stereocenters. The van der Waals surface area contributed by atoms with Crippen molar-refractivity contribution in [2.45, 2.75) is 69.9 Å². The number of aromatic nitrogens is 2. The van der Waals surface area contributed by atoms with Crippen LogP contribution in [0.2, 0.25) is 5.02 Å². The number of hydrogen-bond acceptors (Lipinski definition) is 4. The average molecular weight is 525 g/mol. The summed E-state index contributed by atoms with van der Waals surface area (Å²) < 4.78 is 47.7. The quantitative estimate of drug-likeness (QED) is 0.557. The van der Waals surface area contributed by atoms with E-state index in [1.54, 1.807) is 12.0 Å². The van der Waals surface area contributed by atoms with Crippen molar-refractivity contribution in [3.8, 4) is 0 Å². The van der Waals surface area contributed by atoms with E-state index in [2.05, 4.69) is 10.4 Å². The zero-order valence-electron chi connectivity index (χ0n) is 20.5. The van der Waals surface area contributed by atoms with Crippen molar-refractivity contribution in [1.29, 1.82) is 0 Å². The van der Waals surface area contributed by atoms with Gasteiger partial charge in [-0.05, 0) is 74.6 Å². The van der Waals surface area contributed by atoms with Gasteiger partial charge in [-0.2, -0.15) is 18.3 Å². The molecule has 3 heterocycles. The number of halogens is 4. The lowest BCUT2D eigenvalue weighted by atomic mass is 9.77. The number of aryl methyl sites for hydroxylation is 1. The van der Waals surface area contributed by atoms with E-state index in [9.17, 15) is 18.0 Å². The lowest BCUT2D eigenvalue weighted by Crippen LogP contribution is -2.43. The Balaban J connectivity index is 1.45. The van der Waals surface area contributed by atoms with Crippen LogP contribution in [0.25, 0.3) is 0 Å². The maximum absolute atomic E-state index is 13.8. The molecule has 1 saturated carbocycles. The van der Waals surface area contributed by atoms with E-state index in [1.807, 2.05) is 25.1 Å². The number of carbonyl (C=O) groups is 1. The summed E-state index contributed by atoms with van der Waals surface area (Å²) in [6.07, 6.45) is -0.440. The van der Waals surface area contributed by atoms with Crippen LogP contribution in [0.15, 0.2) is 24.3 Å². The van der Waals surface area contributed by atoms with Crippen LogP contribution in [0.1, 0.15) is 66.6 Å². The highest BCUT2D eigenvalue weighted by atomic mass is 35.5. The summed E-state index contributed by atoms with van der Waals surface area (Å²) in [5.74, 6) is 0.126. The van der Waals surface area contributed by atoms with Gasteiger partial charge in [0.05, 0.1) is 11.7 Å². The van der Waals surface area contributed by atoms with Crippen LogP contribution in [0.4, 0.5) is 13.2 Å². The van der Waals surface area contributed by atoms with Crippen molar-refractivity contribution in [3.05, 3.63) is 51.8 Å². The monoisotopic (exact) mass is 524 g/mol. The Morgan fingerprint density at radius 3 is 2.72 bits per heavy atom. The van der Waals surface area contributed by atoms with Crippen LogP contribution in [0.5, 0.6) is 0 Å². The van der Waals surface area contributed by atoms with Crippen LogP contribution in [0, 0.1) is 18.8 Å². The first-order valence-corrected chi connectivity index (χ1v) is 13.0. The Hall–Kier alpha value is -2.10. The maximum Gasteiger partial charge on any atom is 0.433 e. The van der Waals surface area contributed by atoms with Crippen LogP contribution in [-0.4, -0.2) is 47.0 Å². The lowest BCUT2D eigenvalue weighted by molar-refractivity contribution is -0.146. The zero-order valence-corrected chi connectivity index (χ0v) is 21.3. The molecule has 10 heteroatoms. The maximum atomic E-state index is 13.8. The molecule has 4 atom stereocenters. The minimum Gasteiger partial charge on any atom is -0.367 e. The van der Waals surface area contributed by atoms with E-state index in [4.69, 9.17) is 16.3 Å². The van der Waals surface area contributed by atoms with E-state index >= 15 is 0 Å². The number of rotatable bonds is 6. The Morgan fingerprint density at radius 2 is 2.03 bits per heavy atom. The van der Waals surface area contributed by atoms with Crippen molar-refractivity contribution >= 4 is 17.5 Å². The molecule has 6 nitrogen and oxygen atoms in total. The molecular weight excluding hydrogens is 493 g/mol. The molecule has 3 fully saturated rings. The summed E-state index contributed by atoms with van der Waals surface area (Å²) in [7, 11) is 1.68. The van der Waals surface area contributed by atoms with Gasteiger partial charge in [0.1, 0.15) is 18.5 Å². The van der Waals surface area contributed by atoms with E-state index < -0.39 is 18.4 Å². The molecule has 0 spiro atoms. The fraction of sp³-hybridized carbons (Fsp3) is 0.615. The highest BCUT2D eigenvalue weighted by molar-refractivity contribution is 6.32.